The van der Waals surface area contributed by atoms with E-state index in [9.17, 15) is 0 Å². The molecule has 0 saturated carbocycles. The van der Waals surface area contributed by atoms with Crippen molar-refractivity contribution in [2.75, 3.05) is 0 Å². The third-order valence-electron chi connectivity index (χ3n) is 2.19. The van der Waals surface area contributed by atoms with Crippen LogP contribution >= 0.6 is 11.3 Å². The van der Waals surface area contributed by atoms with Gasteiger partial charge in [-0.2, -0.15) is 0 Å². The maximum absolute atomic E-state index is 2.31. The monoisotopic (exact) mass is 196 g/mol. The van der Waals surface area contributed by atoms with E-state index in [0.29, 0.717) is 5.41 Å². The largest absolute Gasteiger partial charge is 0.145 e. The van der Waals surface area contributed by atoms with Gasteiger partial charge < -0.3 is 0 Å². The first kappa shape index (κ1) is 10.8. The molecular formula is C12H20S. The third kappa shape index (κ3) is 3.95. The Bertz CT molecular complexity index is 252. The second-order valence-corrected chi connectivity index (χ2v) is 6.04. The van der Waals surface area contributed by atoms with E-state index < -0.39 is 0 Å². The highest BCUT2D eigenvalue weighted by molar-refractivity contribution is 7.11. The molecule has 0 unspecified atom stereocenters. The zero-order chi connectivity index (χ0) is 9.90. The van der Waals surface area contributed by atoms with Crippen molar-refractivity contribution >= 4 is 11.3 Å². The highest BCUT2D eigenvalue weighted by Crippen LogP contribution is 2.25. The van der Waals surface area contributed by atoms with Crippen molar-refractivity contribution in [3.8, 4) is 0 Å². The summed E-state index contributed by atoms with van der Waals surface area (Å²) in [6.07, 6.45) is 3.71. The van der Waals surface area contributed by atoms with Crippen LogP contribution in [0.15, 0.2) is 12.1 Å². The lowest BCUT2D eigenvalue weighted by Gasteiger charge is -2.16. The van der Waals surface area contributed by atoms with E-state index >= 15 is 0 Å². The summed E-state index contributed by atoms with van der Waals surface area (Å²) >= 11 is 1.97. The fourth-order valence-corrected chi connectivity index (χ4v) is 2.20. The molecule has 1 rings (SSSR count). The minimum atomic E-state index is 0.469. The summed E-state index contributed by atoms with van der Waals surface area (Å²) in [5.74, 6) is 0. The number of hydrogen-bond donors (Lipinski definition) is 0. The molecule has 0 aliphatic carbocycles. The van der Waals surface area contributed by atoms with Crippen LogP contribution in [0.3, 0.4) is 0 Å². The van der Waals surface area contributed by atoms with E-state index in [1.165, 1.54) is 24.1 Å². The third-order valence-corrected chi connectivity index (χ3v) is 3.48. The van der Waals surface area contributed by atoms with Crippen LogP contribution in [0.1, 0.15) is 43.9 Å². The van der Waals surface area contributed by atoms with Crippen molar-refractivity contribution in [2.24, 2.45) is 5.41 Å². The van der Waals surface area contributed by atoms with Crippen molar-refractivity contribution < 1.29 is 0 Å². The molecule has 0 aliphatic rings. The highest BCUT2D eigenvalue weighted by Gasteiger charge is 2.10. The molecule has 0 aliphatic heterocycles. The average molecular weight is 196 g/mol. The Balaban J connectivity index is 2.46. The summed E-state index contributed by atoms with van der Waals surface area (Å²) in [7, 11) is 0. The van der Waals surface area contributed by atoms with E-state index in [4.69, 9.17) is 0 Å². The normalized spacial score (nSPS) is 12.0. The first-order chi connectivity index (χ1) is 6.01. The Morgan fingerprint density at radius 3 is 2.23 bits per heavy atom. The molecular weight excluding hydrogens is 176 g/mol. The van der Waals surface area contributed by atoms with Crippen molar-refractivity contribution in [1.29, 1.82) is 0 Å². The molecule has 0 bridgehead atoms. The molecule has 0 radical (unpaired) electrons. The zero-order valence-electron chi connectivity index (χ0n) is 9.18. The van der Waals surface area contributed by atoms with Gasteiger partial charge in [0.2, 0.25) is 0 Å². The van der Waals surface area contributed by atoms with Gasteiger partial charge in [0.05, 0.1) is 0 Å². The molecule has 0 aromatic carbocycles. The fourth-order valence-electron chi connectivity index (χ4n) is 1.24. The predicted octanol–water partition coefficient (Wildman–Crippen LogP) is 4.29. The Kier molecular flexibility index (Phi) is 3.55. The van der Waals surface area contributed by atoms with Gasteiger partial charge in [0, 0.05) is 9.75 Å². The molecule has 1 heterocycles. The number of aryl methyl sites for hydroxylation is 2. The number of hydrogen-bond acceptors (Lipinski definition) is 1. The zero-order valence-corrected chi connectivity index (χ0v) is 10.0. The summed E-state index contributed by atoms with van der Waals surface area (Å²) in [6.45, 7) is 9.14. The van der Waals surface area contributed by atoms with Gasteiger partial charge in [-0.25, -0.2) is 0 Å². The summed E-state index contributed by atoms with van der Waals surface area (Å²) < 4.78 is 0. The molecule has 0 spiro atoms. The lowest BCUT2D eigenvalue weighted by Crippen LogP contribution is -2.05. The number of thiophene rings is 1. The van der Waals surface area contributed by atoms with E-state index in [0.717, 1.165) is 0 Å². The summed E-state index contributed by atoms with van der Waals surface area (Å²) in [4.78, 5) is 3.07. The Morgan fingerprint density at radius 2 is 1.77 bits per heavy atom. The van der Waals surface area contributed by atoms with Crippen LogP contribution in [0, 0.1) is 5.41 Å². The van der Waals surface area contributed by atoms with E-state index in [-0.39, 0.29) is 0 Å². The summed E-state index contributed by atoms with van der Waals surface area (Å²) in [5, 5.41) is 0. The van der Waals surface area contributed by atoms with Crippen LogP contribution in [-0.4, -0.2) is 0 Å². The molecule has 0 amide bonds. The Hall–Kier alpha value is -0.300. The lowest BCUT2D eigenvalue weighted by atomic mass is 9.90. The molecule has 13 heavy (non-hydrogen) atoms. The van der Waals surface area contributed by atoms with Crippen molar-refractivity contribution in [3.05, 3.63) is 21.9 Å². The molecule has 0 fully saturated rings. The Morgan fingerprint density at radius 1 is 1.15 bits per heavy atom. The first-order valence-electron chi connectivity index (χ1n) is 5.09. The second kappa shape index (κ2) is 4.28. The molecule has 74 valence electrons. The van der Waals surface area contributed by atoms with Gasteiger partial charge in [-0.1, -0.05) is 27.7 Å². The van der Waals surface area contributed by atoms with Gasteiger partial charge in [0.25, 0.3) is 0 Å². The molecule has 1 aromatic rings. The van der Waals surface area contributed by atoms with Crippen molar-refractivity contribution in [2.45, 2.75) is 47.0 Å². The van der Waals surface area contributed by atoms with Crippen LogP contribution in [0.2, 0.25) is 0 Å². The standard InChI is InChI=1S/C12H20S/c1-5-10-6-7-11(13-10)8-9-12(2,3)4/h6-7H,5,8-9H2,1-4H3. The summed E-state index contributed by atoms with van der Waals surface area (Å²) in [6, 6.07) is 4.55. The maximum atomic E-state index is 2.31. The van der Waals surface area contributed by atoms with Crippen molar-refractivity contribution in [3.63, 3.8) is 0 Å². The molecule has 0 saturated heterocycles. The van der Waals surface area contributed by atoms with Gasteiger partial charge in [0.15, 0.2) is 0 Å². The SMILES string of the molecule is CCc1ccc(CCC(C)(C)C)s1. The maximum Gasteiger partial charge on any atom is 0.00483 e. The average Bonchev–Trinajstić information content (AvgIpc) is 2.47. The van der Waals surface area contributed by atoms with Gasteiger partial charge in [0.1, 0.15) is 0 Å². The van der Waals surface area contributed by atoms with Crippen LogP contribution in [-0.2, 0) is 12.8 Å². The van der Waals surface area contributed by atoms with Gasteiger partial charge >= 0.3 is 0 Å². The minimum absolute atomic E-state index is 0.469. The molecule has 0 atom stereocenters. The van der Waals surface area contributed by atoms with Gasteiger partial charge in [-0.3, -0.25) is 0 Å². The fraction of sp³-hybridized carbons (Fsp3) is 0.667. The highest BCUT2D eigenvalue weighted by atomic mass is 32.1. The second-order valence-electron chi connectivity index (χ2n) is 4.78. The molecule has 1 heteroatoms. The lowest BCUT2D eigenvalue weighted by molar-refractivity contribution is 0.379. The van der Waals surface area contributed by atoms with Crippen LogP contribution < -0.4 is 0 Å². The predicted molar refractivity (Wildman–Crippen MR) is 61.5 cm³/mol. The smallest absolute Gasteiger partial charge is 0.00483 e. The Labute approximate surface area is 86.0 Å². The van der Waals surface area contributed by atoms with E-state index in [2.05, 4.69) is 39.8 Å². The van der Waals surface area contributed by atoms with Crippen LogP contribution in [0.5, 0.6) is 0 Å². The van der Waals surface area contributed by atoms with Gasteiger partial charge in [-0.05, 0) is 36.8 Å². The summed E-state index contributed by atoms with van der Waals surface area (Å²) in [5.41, 5.74) is 0.469. The molecule has 0 nitrogen and oxygen atoms in total. The first-order valence-corrected chi connectivity index (χ1v) is 5.90. The van der Waals surface area contributed by atoms with E-state index in [1.54, 1.807) is 4.88 Å². The topological polar surface area (TPSA) is 0 Å². The van der Waals surface area contributed by atoms with Crippen molar-refractivity contribution in [1.82, 2.24) is 0 Å². The van der Waals surface area contributed by atoms with Gasteiger partial charge in [-0.15, -0.1) is 11.3 Å². The van der Waals surface area contributed by atoms with E-state index in [1.807, 2.05) is 11.3 Å². The van der Waals surface area contributed by atoms with Crippen LogP contribution in [0.25, 0.3) is 0 Å². The number of rotatable bonds is 3. The minimum Gasteiger partial charge on any atom is -0.145 e. The quantitative estimate of drug-likeness (QED) is 0.676. The molecule has 0 N–H and O–H groups in total. The molecule has 1 aromatic heterocycles. The van der Waals surface area contributed by atoms with Crippen LogP contribution in [0.4, 0.5) is 0 Å².